The van der Waals surface area contributed by atoms with Gasteiger partial charge in [-0.25, -0.2) is 14.4 Å². The third-order valence-corrected chi connectivity index (χ3v) is 5.14. The second-order valence-corrected chi connectivity index (χ2v) is 7.78. The van der Waals surface area contributed by atoms with Crippen molar-refractivity contribution in [2.24, 2.45) is 7.05 Å². The maximum absolute atomic E-state index is 14.8. The van der Waals surface area contributed by atoms with Crippen LogP contribution in [-0.2, 0) is 25.4 Å². The molecule has 28 heavy (non-hydrogen) atoms. The summed E-state index contributed by atoms with van der Waals surface area (Å²) >= 11 is 0. The van der Waals surface area contributed by atoms with Crippen molar-refractivity contribution in [1.29, 1.82) is 0 Å². The smallest absolute Gasteiger partial charge is 0.140 e. The van der Waals surface area contributed by atoms with Gasteiger partial charge in [-0.3, -0.25) is 0 Å². The summed E-state index contributed by atoms with van der Waals surface area (Å²) in [6.45, 7) is 8.65. The van der Waals surface area contributed by atoms with Crippen LogP contribution in [0.15, 0.2) is 37.4 Å². The zero-order valence-corrected chi connectivity index (χ0v) is 16.5. The average molecular weight is 374 g/mol. The van der Waals surface area contributed by atoms with Crippen molar-refractivity contribution in [1.82, 2.24) is 19.1 Å². The summed E-state index contributed by atoms with van der Waals surface area (Å²) in [6.07, 6.45) is 9.20. The van der Waals surface area contributed by atoms with Gasteiger partial charge >= 0.3 is 0 Å². The molecular weight excluding hydrogens is 351 g/mol. The van der Waals surface area contributed by atoms with Crippen LogP contribution >= 0.6 is 0 Å². The Morgan fingerprint density at radius 3 is 2.82 bits per heavy atom. The Kier molecular flexibility index (Phi) is 4.43. The number of aryl methyl sites for hydroxylation is 3. The molecular formula is C23H23FN4. The molecule has 0 bridgehead atoms. The Hall–Kier alpha value is -3.13. The number of rotatable bonds is 2. The van der Waals surface area contributed by atoms with Gasteiger partial charge in [0, 0.05) is 31.5 Å². The fraction of sp³-hybridized carbons (Fsp3) is 0.304. The van der Waals surface area contributed by atoms with E-state index in [1.54, 1.807) is 18.5 Å². The Morgan fingerprint density at radius 1 is 1.29 bits per heavy atom. The lowest BCUT2D eigenvalue weighted by atomic mass is 9.90. The third-order valence-electron chi connectivity index (χ3n) is 5.14. The number of benzene rings is 1. The number of imidazole rings is 2. The second kappa shape index (κ2) is 6.79. The van der Waals surface area contributed by atoms with Crippen LogP contribution in [0.4, 0.5) is 4.39 Å². The van der Waals surface area contributed by atoms with Crippen LogP contribution in [0.2, 0.25) is 0 Å². The SMILES string of the molecule is C=Cc1cn2c(n1)-c1cc(C#CC(C)(C)c3cn(C)cn3)c(F)cc1CCC2. The van der Waals surface area contributed by atoms with Gasteiger partial charge in [-0.1, -0.05) is 18.4 Å². The Balaban J connectivity index is 1.78. The van der Waals surface area contributed by atoms with Gasteiger partial charge < -0.3 is 9.13 Å². The van der Waals surface area contributed by atoms with Crippen LogP contribution in [0.25, 0.3) is 17.5 Å². The number of hydrogen-bond donors (Lipinski definition) is 0. The van der Waals surface area contributed by atoms with E-state index in [0.29, 0.717) is 5.56 Å². The van der Waals surface area contributed by atoms with Crippen molar-refractivity contribution >= 4 is 6.08 Å². The summed E-state index contributed by atoms with van der Waals surface area (Å²) in [7, 11) is 1.92. The standard InChI is InChI=1S/C23H23FN4/c1-5-18-13-28-10-6-7-16-12-20(24)17(11-19(16)22(28)26-18)8-9-23(2,3)21-14-27(4)15-25-21/h5,11-15H,1,6-7,10H2,2-4H3. The van der Waals surface area contributed by atoms with E-state index in [0.717, 1.165) is 47.7 Å². The van der Waals surface area contributed by atoms with E-state index < -0.39 is 5.41 Å². The molecule has 0 radical (unpaired) electrons. The molecule has 0 unspecified atom stereocenters. The van der Waals surface area contributed by atoms with Gasteiger partial charge in [-0.15, -0.1) is 0 Å². The number of aromatic nitrogens is 4. The largest absolute Gasteiger partial charge is 0.340 e. The van der Waals surface area contributed by atoms with Gasteiger partial charge in [0.15, 0.2) is 0 Å². The van der Waals surface area contributed by atoms with E-state index in [1.165, 1.54) is 0 Å². The molecule has 0 fully saturated rings. The number of halogens is 1. The van der Waals surface area contributed by atoms with Crippen molar-refractivity contribution in [3.63, 3.8) is 0 Å². The van der Waals surface area contributed by atoms with Crippen LogP contribution in [0, 0.1) is 17.7 Å². The highest BCUT2D eigenvalue weighted by Crippen LogP contribution is 2.31. The summed E-state index contributed by atoms with van der Waals surface area (Å²) in [4.78, 5) is 9.05. The summed E-state index contributed by atoms with van der Waals surface area (Å²) in [5, 5.41) is 0. The molecule has 0 N–H and O–H groups in total. The molecule has 1 aromatic carbocycles. The highest BCUT2D eigenvalue weighted by molar-refractivity contribution is 5.66. The van der Waals surface area contributed by atoms with Gasteiger partial charge in [0.25, 0.3) is 0 Å². The van der Waals surface area contributed by atoms with Gasteiger partial charge in [0.2, 0.25) is 0 Å². The van der Waals surface area contributed by atoms with Crippen LogP contribution in [0.5, 0.6) is 0 Å². The van der Waals surface area contributed by atoms with Gasteiger partial charge in [-0.2, -0.15) is 0 Å². The molecule has 142 valence electrons. The Morgan fingerprint density at radius 2 is 2.11 bits per heavy atom. The van der Waals surface area contributed by atoms with Crippen molar-refractivity contribution in [2.45, 2.75) is 38.6 Å². The highest BCUT2D eigenvalue weighted by atomic mass is 19.1. The van der Waals surface area contributed by atoms with E-state index >= 15 is 0 Å². The lowest BCUT2D eigenvalue weighted by Crippen LogP contribution is -2.14. The third kappa shape index (κ3) is 3.27. The molecule has 0 spiro atoms. The Bertz CT molecular complexity index is 1120. The van der Waals surface area contributed by atoms with Crippen LogP contribution in [0.1, 0.15) is 42.8 Å². The monoisotopic (exact) mass is 374 g/mol. The summed E-state index contributed by atoms with van der Waals surface area (Å²) in [5.41, 5.74) is 3.54. The number of nitrogens with zero attached hydrogens (tertiary/aromatic N) is 4. The van der Waals surface area contributed by atoms with Crippen molar-refractivity contribution < 1.29 is 4.39 Å². The molecule has 5 heteroatoms. The first-order valence-electron chi connectivity index (χ1n) is 9.41. The summed E-state index contributed by atoms with van der Waals surface area (Å²) in [5.74, 6) is 6.82. The second-order valence-electron chi connectivity index (χ2n) is 7.78. The maximum atomic E-state index is 14.8. The number of fused-ring (bicyclic) bond motifs is 3. The van der Waals surface area contributed by atoms with E-state index in [-0.39, 0.29) is 5.82 Å². The van der Waals surface area contributed by atoms with Crippen molar-refractivity contribution in [3.05, 3.63) is 65.8 Å². The predicted molar refractivity (Wildman–Crippen MR) is 109 cm³/mol. The van der Waals surface area contributed by atoms with Gasteiger partial charge in [0.1, 0.15) is 11.6 Å². The normalized spacial score (nSPS) is 13.1. The molecule has 0 aliphatic carbocycles. The molecule has 4 nitrogen and oxygen atoms in total. The first kappa shape index (κ1) is 18.2. The van der Waals surface area contributed by atoms with Crippen LogP contribution in [0.3, 0.4) is 0 Å². The highest BCUT2D eigenvalue weighted by Gasteiger charge is 2.22. The molecule has 0 amide bonds. The minimum absolute atomic E-state index is 0.285. The lowest BCUT2D eigenvalue weighted by Gasteiger charge is -2.14. The first-order valence-corrected chi connectivity index (χ1v) is 9.41. The molecule has 1 aliphatic heterocycles. The fourth-order valence-corrected chi connectivity index (χ4v) is 3.51. The molecule has 0 saturated carbocycles. The molecule has 0 saturated heterocycles. The van der Waals surface area contributed by atoms with Crippen LogP contribution in [-0.4, -0.2) is 19.1 Å². The molecule has 0 atom stereocenters. The Labute approximate surface area is 164 Å². The minimum atomic E-state index is -0.477. The quantitative estimate of drug-likeness (QED) is 0.626. The topological polar surface area (TPSA) is 35.6 Å². The zero-order valence-electron chi connectivity index (χ0n) is 16.5. The number of hydrogen-bond acceptors (Lipinski definition) is 2. The molecule has 3 aromatic rings. The fourth-order valence-electron chi connectivity index (χ4n) is 3.51. The predicted octanol–water partition coefficient (Wildman–Crippen LogP) is 4.34. The van der Waals surface area contributed by atoms with E-state index in [2.05, 4.69) is 33.0 Å². The summed E-state index contributed by atoms with van der Waals surface area (Å²) < 4.78 is 18.8. The first-order chi connectivity index (χ1) is 13.4. The molecule has 2 aromatic heterocycles. The maximum Gasteiger partial charge on any atom is 0.140 e. The van der Waals surface area contributed by atoms with Crippen LogP contribution < -0.4 is 0 Å². The van der Waals surface area contributed by atoms with E-state index in [1.807, 2.05) is 43.9 Å². The van der Waals surface area contributed by atoms with Gasteiger partial charge in [0.05, 0.1) is 28.7 Å². The molecule has 3 heterocycles. The lowest BCUT2D eigenvalue weighted by molar-refractivity contribution is 0.619. The average Bonchev–Trinajstić information content (AvgIpc) is 3.24. The minimum Gasteiger partial charge on any atom is -0.340 e. The zero-order chi connectivity index (χ0) is 19.9. The van der Waals surface area contributed by atoms with E-state index in [9.17, 15) is 4.39 Å². The van der Waals surface area contributed by atoms with E-state index in [4.69, 9.17) is 0 Å². The van der Waals surface area contributed by atoms with Gasteiger partial charge in [-0.05, 0) is 50.5 Å². The van der Waals surface area contributed by atoms with Crippen molar-refractivity contribution in [2.75, 3.05) is 0 Å². The van der Waals surface area contributed by atoms with Crippen molar-refractivity contribution in [3.8, 4) is 23.2 Å². The summed E-state index contributed by atoms with van der Waals surface area (Å²) in [6, 6.07) is 3.45. The molecule has 4 rings (SSSR count). The molecule has 1 aliphatic rings.